The van der Waals surface area contributed by atoms with Crippen LogP contribution >= 0.6 is 0 Å². The maximum absolute atomic E-state index is 12.1. The minimum atomic E-state index is -0.474. The van der Waals surface area contributed by atoms with Crippen LogP contribution < -0.4 is 5.32 Å². The molecule has 0 aliphatic carbocycles. The lowest BCUT2D eigenvalue weighted by Gasteiger charge is -2.07. The number of aromatic nitrogens is 3. The van der Waals surface area contributed by atoms with Gasteiger partial charge in [-0.15, -0.1) is 0 Å². The fourth-order valence-corrected chi connectivity index (χ4v) is 2.49. The predicted octanol–water partition coefficient (Wildman–Crippen LogP) is 2.19. The van der Waals surface area contributed by atoms with Crippen molar-refractivity contribution in [2.75, 3.05) is 13.2 Å². The van der Waals surface area contributed by atoms with Gasteiger partial charge in [0, 0.05) is 11.8 Å². The topological polar surface area (TPSA) is 99.2 Å². The molecule has 0 atom stereocenters. The van der Waals surface area contributed by atoms with Crippen molar-refractivity contribution >= 4 is 11.9 Å². The van der Waals surface area contributed by atoms with Gasteiger partial charge in [0.2, 0.25) is 11.7 Å². The van der Waals surface area contributed by atoms with E-state index in [1.807, 2.05) is 31.2 Å². The maximum Gasteiger partial charge on any atom is 0.325 e. The van der Waals surface area contributed by atoms with E-state index in [1.54, 1.807) is 29.8 Å². The number of benzene rings is 1. The molecule has 0 bridgehead atoms. The third kappa shape index (κ3) is 4.60. The number of hydrogen-bond acceptors (Lipinski definition) is 6. The van der Waals surface area contributed by atoms with Gasteiger partial charge in [0.05, 0.1) is 6.61 Å². The molecule has 0 aliphatic rings. The van der Waals surface area contributed by atoms with E-state index in [9.17, 15) is 9.59 Å². The Balaban J connectivity index is 1.69. The highest BCUT2D eigenvalue weighted by Gasteiger charge is 2.16. The molecule has 0 unspecified atom stereocenters. The van der Waals surface area contributed by atoms with Crippen molar-refractivity contribution in [2.45, 2.75) is 20.4 Å². The van der Waals surface area contributed by atoms with Crippen LogP contribution in [0, 0.1) is 6.92 Å². The Morgan fingerprint density at radius 3 is 2.74 bits per heavy atom. The summed E-state index contributed by atoms with van der Waals surface area (Å²) in [7, 11) is 0. The molecule has 3 rings (SSSR count). The third-order valence-corrected chi connectivity index (χ3v) is 3.83. The molecule has 2 heterocycles. The highest BCUT2D eigenvalue weighted by molar-refractivity contribution is 5.82. The number of carbonyl (C=O) groups excluding carboxylic acids is 2. The number of amides is 1. The number of nitrogens with zero attached hydrogens (tertiary/aromatic N) is 3. The van der Waals surface area contributed by atoms with E-state index < -0.39 is 5.97 Å². The number of esters is 1. The summed E-state index contributed by atoms with van der Waals surface area (Å²) in [5.41, 5.74) is 2.61. The van der Waals surface area contributed by atoms with Gasteiger partial charge in [-0.25, -0.2) is 0 Å². The summed E-state index contributed by atoms with van der Waals surface area (Å²) < 4.78 is 11.8. The lowest BCUT2D eigenvalue weighted by Crippen LogP contribution is -2.33. The van der Waals surface area contributed by atoms with Crippen LogP contribution in [0.5, 0.6) is 0 Å². The Morgan fingerprint density at radius 2 is 2.00 bits per heavy atom. The molecule has 0 saturated carbocycles. The second-order valence-electron chi connectivity index (χ2n) is 5.89. The quantitative estimate of drug-likeness (QED) is 0.642. The molecule has 0 spiro atoms. The van der Waals surface area contributed by atoms with E-state index in [0.717, 1.165) is 11.1 Å². The van der Waals surface area contributed by atoms with E-state index in [2.05, 4.69) is 15.5 Å². The van der Waals surface area contributed by atoms with E-state index in [4.69, 9.17) is 9.26 Å². The van der Waals surface area contributed by atoms with Crippen LogP contribution in [-0.4, -0.2) is 39.7 Å². The van der Waals surface area contributed by atoms with Gasteiger partial charge >= 0.3 is 5.97 Å². The minimum Gasteiger partial charge on any atom is -0.465 e. The van der Waals surface area contributed by atoms with Crippen LogP contribution in [0.1, 0.15) is 12.5 Å². The monoisotopic (exact) mass is 368 g/mol. The van der Waals surface area contributed by atoms with Gasteiger partial charge < -0.3 is 19.1 Å². The van der Waals surface area contributed by atoms with Crippen molar-refractivity contribution in [2.24, 2.45) is 0 Å². The van der Waals surface area contributed by atoms with Gasteiger partial charge in [0.25, 0.3) is 5.89 Å². The zero-order valence-electron chi connectivity index (χ0n) is 15.1. The highest BCUT2D eigenvalue weighted by atomic mass is 16.5. The van der Waals surface area contributed by atoms with Crippen molar-refractivity contribution < 1.29 is 18.8 Å². The molecule has 8 heteroatoms. The number of ether oxygens (including phenoxy) is 1. The molecule has 1 amide bonds. The summed E-state index contributed by atoms with van der Waals surface area (Å²) in [5.74, 6) is -0.00437. The van der Waals surface area contributed by atoms with Crippen molar-refractivity contribution in [3.63, 3.8) is 0 Å². The first kappa shape index (κ1) is 18.4. The van der Waals surface area contributed by atoms with Gasteiger partial charge in [-0.1, -0.05) is 35.0 Å². The third-order valence-electron chi connectivity index (χ3n) is 3.83. The summed E-state index contributed by atoms with van der Waals surface area (Å²) in [6, 6.07) is 11.4. The summed E-state index contributed by atoms with van der Waals surface area (Å²) >= 11 is 0. The van der Waals surface area contributed by atoms with Gasteiger partial charge in [-0.2, -0.15) is 4.98 Å². The zero-order chi connectivity index (χ0) is 19.2. The van der Waals surface area contributed by atoms with Crippen LogP contribution in [-0.2, 0) is 20.9 Å². The standard InChI is InChI=1S/C19H20N4O4/c1-3-26-17(25)11-20-16(24)12-23-10-4-5-15(23)19-21-18(22-27-19)14-8-6-13(2)7-9-14/h4-10H,3,11-12H2,1-2H3,(H,20,24). The zero-order valence-corrected chi connectivity index (χ0v) is 15.1. The Hall–Kier alpha value is -3.42. The van der Waals surface area contributed by atoms with Crippen LogP contribution in [0.25, 0.3) is 23.0 Å². The molecule has 8 nitrogen and oxygen atoms in total. The second-order valence-corrected chi connectivity index (χ2v) is 5.89. The molecular weight excluding hydrogens is 348 g/mol. The summed E-state index contributed by atoms with van der Waals surface area (Å²) in [4.78, 5) is 27.8. The molecular formula is C19H20N4O4. The van der Waals surface area contributed by atoms with E-state index >= 15 is 0 Å². The SMILES string of the molecule is CCOC(=O)CNC(=O)Cn1cccc1-c1nc(-c2ccc(C)cc2)no1. The molecule has 0 fully saturated rings. The summed E-state index contributed by atoms with van der Waals surface area (Å²) in [5, 5.41) is 6.53. The second kappa shape index (κ2) is 8.31. The Bertz CT molecular complexity index is 927. The van der Waals surface area contributed by atoms with Crippen LogP contribution in [0.4, 0.5) is 0 Å². The maximum atomic E-state index is 12.1. The normalized spacial score (nSPS) is 10.6. The first-order chi connectivity index (χ1) is 13.1. The average Bonchev–Trinajstić information content (AvgIpc) is 3.30. The number of rotatable bonds is 7. The van der Waals surface area contributed by atoms with Crippen LogP contribution in [0.2, 0.25) is 0 Å². The lowest BCUT2D eigenvalue weighted by atomic mass is 10.1. The molecule has 1 aromatic carbocycles. The first-order valence-corrected chi connectivity index (χ1v) is 8.55. The minimum absolute atomic E-state index is 0.0178. The molecule has 0 saturated heterocycles. The average molecular weight is 368 g/mol. The van der Waals surface area contributed by atoms with E-state index in [-0.39, 0.29) is 25.6 Å². The van der Waals surface area contributed by atoms with Gasteiger partial charge in [-0.05, 0) is 26.0 Å². The Morgan fingerprint density at radius 1 is 1.22 bits per heavy atom. The number of hydrogen-bond donors (Lipinski definition) is 1. The predicted molar refractivity (Wildman–Crippen MR) is 97.5 cm³/mol. The number of nitrogens with one attached hydrogen (secondary N) is 1. The van der Waals surface area contributed by atoms with Gasteiger partial charge in [-0.3, -0.25) is 9.59 Å². The molecule has 0 radical (unpaired) electrons. The molecule has 2 aromatic heterocycles. The Kier molecular flexibility index (Phi) is 5.65. The molecule has 0 aliphatic heterocycles. The lowest BCUT2D eigenvalue weighted by molar-refractivity contribution is -0.143. The van der Waals surface area contributed by atoms with Crippen molar-refractivity contribution in [3.05, 3.63) is 48.2 Å². The number of aryl methyl sites for hydroxylation is 1. The first-order valence-electron chi connectivity index (χ1n) is 8.55. The van der Waals surface area contributed by atoms with Gasteiger partial charge in [0.1, 0.15) is 18.8 Å². The summed E-state index contributed by atoms with van der Waals surface area (Å²) in [6.45, 7) is 3.84. The molecule has 27 heavy (non-hydrogen) atoms. The van der Waals surface area contributed by atoms with Crippen molar-refractivity contribution in [1.82, 2.24) is 20.0 Å². The highest BCUT2D eigenvalue weighted by Crippen LogP contribution is 2.23. The largest absolute Gasteiger partial charge is 0.465 e. The fraction of sp³-hybridized carbons (Fsp3) is 0.263. The van der Waals surface area contributed by atoms with E-state index in [1.165, 1.54) is 0 Å². The molecule has 140 valence electrons. The fourth-order valence-electron chi connectivity index (χ4n) is 2.49. The van der Waals surface area contributed by atoms with Gasteiger partial charge in [0.15, 0.2) is 0 Å². The smallest absolute Gasteiger partial charge is 0.325 e. The molecule has 1 N–H and O–H groups in total. The van der Waals surface area contributed by atoms with Crippen molar-refractivity contribution in [3.8, 4) is 23.0 Å². The molecule has 3 aromatic rings. The summed E-state index contributed by atoms with van der Waals surface area (Å²) in [6.07, 6.45) is 1.73. The van der Waals surface area contributed by atoms with E-state index in [0.29, 0.717) is 17.4 Å². The number of carbonyl (C=O) groups is 2. The van der Waals surface area contributed by atoms with Crippen molar-refractivity contribution in [1.29, 1.82) is 0 Å². The van der Waals surface area contributed by atoms with Crippen LogP contribution in [0.15, 0.2) is 47.1 Å². The Labute approximate surface area is 156 Å². The van der Waals surface area contributed by atoms with Crippen LogP contribution in [0.3, 0.4) is 0 Å².